The number of aliphatic carboxylic acids is 1. The molecule has 5 heteroatoms. The lowest BCUT2D eigenvalue weighted by Gasteiger charge is -2.32. The number of benzene rings is 2. The van der Waals surface area contributed by atoms with E-state index in [0.29, 0.717) is 36.4 Å². The SMILES string of the molecule is O=C(O)C1CCN(C(=O)c2ccc3c(c2)CCO3)c2ccccc21. The van der Waals surface area contributed by atoms with Crippen molar-refractivity contribution in [3.8, 4) is 5.75 Å². The molecule has 1 amide bonds. The first kappa shape index (κ1) is 14.8. The molecule has 4 rings (SSSR count). The van der Waals surface area contributed by atoms with Crippen LogP contribution in [0.2, 0.25) is 0 Å². The smallest absolute Gasteiger partial charge is 0.311 e. The van der Waals surface area contributed by atoms with Gasteiger partial charge in [-0.15, -0.1) is 0 Å². The molecule has 2 aliphatic heterocycles. The van der Waals surface area contributed by atoms with Gasteiger partial charge < -0.3 is 14.7 Å². The number of carboxylic acids is 1. The van der Waals surface area contributed by atoms with Crippen LogP contribution in [0.25, 0.3) is 0 Å². The Balaban J connectivity index is 1.70. The van der Waals surface area contributed by atoms with Crippen molar-refractivity contribution in [2.24, 2.45) is 0 Å². The number of nitrogens with zero attached hydrogens (tertiary/aromatic N) is 1. The molecule has 2 aliphatic rings. The Labute approximate surface area is 139 Å². The van der Waals surface area contributed by atoms with Gasteiger partial charge in [-0.05, 0) is 41.8 Å². The maximum atomic E-state index is 13.0. The van der Waals surface area contributed by atoms with Crippen molar-refractivity contribution in [1.82, 2.24) is 0 Å². The molecule has 0 spiro atoms. The zero-order valence-electron chi connectivity index (χ0n) is 13.1. The molecule has 2 heterocycles. The molecule has 122 valence electrons. The fourth-order valence-corrected chi connectivity index (χ4v) is 3.51. The van der Waals surface area contributed by atoms with E-state index in [0.717, 1.165) is 17.7 Å². The third-order valence-electron chi connectivity index (χ3n) is 4.72. The summed E-state index contributed by atoms with van der Waals surface area (Å²) in [5, 5.41) is 9.42. The maximum absolute atomic E-state index is 13.0. The van der Waals surface area contributed by atoms with Crippen LogP contribution in [0.15, 0.2) is 42.5 Å². The molecule has 0 saturated carbocycles. The van der Waals surface area contributed by atoms with Crippen molar-refractivity contribution in [3.63, 3.8) is 0 Å². The van der Waals surface area contributed by atoms with Gasteiger partial charge in [-0.2, -0.15) is 0 Å². The van der Waals surface area contributed by atoms with Crippen LogP contribution >= 0.6 is 0 Å². The number of amides is 1. The molecule has 0 fully saturated rings. The van der Waals surface area contributed by atoms with Gasteiger partial charge in [-0.25, -0.2) is 0 Å². The predicted molar refractivity (Wildman–Crippen MR) is 88.8 cm³/mol. The topological polar surface area (TPSA) is 66.8 Å². The van der Waals surface area contributed by atoms with Crippen molar-refractivity contribution in [2.75, 3.05) is 18.1 Å². The van der Waals surface area contributed by atoms with Gasteiger partial charge in [0.1, 0.15) is 5.75 Å². The second-order valence-electron chi connectivity index (χ2n) is 6.12. The maximum Gasteiger partial charge on any atom is 0.311 e. The number of carbonyl (C=O) groups excluding carboxylic acids is 1. The number of hydrogen-bond acceptors (Lipinski definition) is 3. The molecular weight excluding hydrogens is 306 g/mol. The average Bonchev–Trinajstić information content (AvgIpc) is 3.07. The Hall–Kier alpha value is -2.82. The molecule has 24 heavy (non-hydrogen) atoms. The van der Waals surface area contributed by atoms with Crippen LogP contribution in [0, 0.1) is 0 Å². The van der Waals surface area contributed by atoms with E-state index in [4.69, 9.17) is 4.74 Å². The summed E-state index contributed by atoms with van der Waals surface area (Å²) in [5.41, 5.74) is 3.06. The number of carboxylic acid groups (broad SMARTS) is 1. The van der Waals surface area contributed by atoms with Gasteiger partial charge in [0.05, 0.1) is 12.5 Å². The Morgan fingerprint density at radius 3 is 2.83 bits per heavy atom. The third-order valence-corrected chi connectivity index (χ3v) is 4.72. The highest BCUT2D eigenvalue weighted by molar-refractivity contribution is 6.07. The molecule has 2 aromatic rings. The predicted octanol–water partition coefficient (Wildman–Crippen LogP) is 2.84. The second-order valence-corrected chi connectivity index (χ2v) is 6.12. The van der Waals surface area contributed by atoms with Gasteiger partial charge in [0.25, 0.3) is 5.91 Å². The Morgan fingerprint density at radius 1 is 1.17 bits per heavy atom. The number of rotatable bonds is 2. The fraction of sp³-hybridized carbons (Fsp3) is 0.263. The largest absolute Gasteiger partial charge is 0.493 e. The van der Waals surface area contributed by atoms with Crippen molar-refractivity contribution in [2.45, 2.75) is 18.8 Å². The first-order chi connectivity index (χ1) is 11.6. The van der Waals surface area contributed by atoms with Gasteiger partial charge >= 0.3 is 5.97 Å². The minimum Gasteiger partial charge on any atom is -0.493 e. The minimum atomic E-state index is -0.843. The summed E-state index contributed by atoms with van der Waals surface area (Å²) in [7, 11) is 0. The summed E-state index contributed by atoms with van der Waals surface area (Å²) >= 11 is 0. The van der Waals surface area contributed by atoms with Gasteiger partial charge in [-0.3, -0.25) is 9.59 Å². The van der Waals surface area contributed by atoms with E-state index in [1.165, 1.54) is 0 Å². The van der Waals surface area contributed by atoms with Crippen LogP contribution in [0.4, 0.5) is 5.69 Å². The molecule has 0 aliphatic carbocycles. The first-order valence-electron chi connectivity index (χ1n) is 8.04. The molecule has 0 bridgehead atoms. The van der Waals surface area contributed by atoms with Gasteiger partial charge in [0, 0.05) is 24.2 Å². The summed E-state index contributed by atoms with van der Waals surface area (Å²) in [6.45, 7) is 1.06. The highest BCUT2D eigenvalue weighted by Gasteiger charge is 2.32. The normalized spacial score (nSPS) is 18.5. The van der Waals surface area contributed by atoms with E-state index >= 15 is 0 Å². The Kier molecular flexibility index (Phi) is 3.49. The minimum absolute atomic E-state index is 0.0963. The van der Waals surface area contributed by atoms with Gasteiger partial charge in [0.15, 0.2) is 0 Å². The zero-order chi connectivity index (χ0) is 16.7. The van der Waals surface area contributed by atoms with Crippen LogP contribution in [0.3, 0.4) is 0 Å². The quantitative estimate of drug-likeness (QED) is 0.923. The van der Waals surface area contributed by atoms with E-state index in [1.54, 1.807) is 17.0 Å². The van der Waals surface area contributed by atoms with Crippen molar-refractivity contribution in [1.29, 1.82) is 0 Å². The fourth-order valence-electron chi connectivity index (χ4n) is 3.51. The van der Waals surface area contributed by atoms with E-state index in [-0.39, 0.29) is 5.91 Å². The van der Waals surface area contributed by atoms with Crippen LogP contribution in [-0.2, 0) is 11.2 Å². The molecule has 0 aromatic heterocycles. The second kappa shape index (κ2) is 5.67. The van der Waals surface area contributed by atoms with Crippen LogP contribution in [0.1, 0.15) is 33.8 Å². The lowest BCUT2D eigenvalue weighted by Crippen LogP contribution is -2.38. The van der Waals surface area contributed by atoms with Crippen LogP contribution in [0.5, 0.6) is 5.75 Å². The molecule has 1 N–H and O–H groups in total. The Bertz CT molecular complexity index is 830. The molecule has 2 aromatic carbocycles. The Morgan fingerprint density at radius 2 is 2.00 bits per heavy atom. The van der Waals surface area contributed by atoms with Crippen LogP contribution in [-0.4, -0.2) is 30.1 Å². The van der Waals surface area contributed by atoms with E-state index < -0.39 is 11.9 Å². The zero-order valence-corrected chi connectivity index (χ0v) is 13.1. The van der Waals surface area contributed by atoms with E-state index in [9.17, 15) is 14.7 Å². The number of fused-ring (bicyclic) bond motifs is 2. The summed E-state index contributed by atoms with van der Waals surface area (Å²) in [5.74, 6) is -0.652. The summed E-state index contributed by atoms with van der Waals surface area (Å²) in [6, 6.07) is 12.8. The standard InChI is InChI=1S/C19H17NO4/c21-18(13-5-6-17-12(11-13)8-10-24-17)20-9-7-15(19(22)23)14-3-1-2-4-16(14)20/h1-6,11,15H,7-10H2,(H,22,23). The molecule has 0 saturated heterocycles. The molecule has 1 unspecified atom stereocenters. The molecule has 1 atom stereocenters. The summed E-state index contributed by atoms with van der Waals surface area (Å²) in [4.78, 5) is 26.1. The lowest BCUT2D eigenvalue weighted by atomic mass is 9.89. The van der Waals surface area contributed by atoms with Gasteiger partial charge in [-0.1, -0.05) is 18.2 Å². The summed E-state index contributed by atoms with van der Waals surface area (Å²) < 4.78 is 5.49. The highest BCUT2D eigenvalue weighted by atomic mass is 16.5. The monoisotopic (exact) mass is 323 g/mol. The third kappa shape index (κ3) is 2.33. The van der Waals surface area contributed by atoms with E-state index in [2.05, 4.69) is 0 Å². The van der Waals surface area contributed by atoms with Crippen molar-refractivity contribution in [3.05, 3.63) is 59.2 Å². The van der Waals surface area contributed by atoms with Gasteiger partial charge in [0.2, 0.25) is 0 Å². The molecule has 0 radical (unpaired) electrons. The molecule has 5 nitrogen and oxygen atoms in total. The van der Waals surface area contributed by atoms with Crippen molar-refractivity contribution >= 4 is 17.6 Å². The van der Waals surface area contributed by atoms with Crippen molar-refractivity contribution < 1.29 is 19.4 Å². The number of carbonyl (C=O) groups is 2. The number of ether oxygens (including phenoxy) is 1. The van der Waals surface area contributed by atoms with E-state index in [1.807, 2.05) is 30.3 Å². The first-order valence-corrected chi connectivity index (χ1v) is 8.04. The molecular formula is C19H17NO4. The van der Waals surface area contributed by atoms with Crippen LogP contribution < -0.4 is 9.64 Å². The average molecular weight is 323 g/mol. The lowest BCUT2D eigenvalue weighted by molar-refractivity contribution is -0.139. The number of hydrogen-bond donors (Lipinski definition) is 1. The number of anilines is 1. The summed E-state index contributed by atoms with van der Waals surface area (Å²) in [6.07, 6.45) is 1.24. The number of para-hydroxylation sites is 1. The highest BCUT2D eigenvalue weighted by Crippen LogP contribution is 2.36.